The van der Waals surface area contributed by atoms with Gasteiger partial charge in [-0.25, -0.2) is 0 Å². The van der Waals surface area contributed by atoms with Crippen LogP contribution in [0.5, 0.6) is 5.75 Å². The van der Waals surface area contributed by atoms with E-state index in [1.807, 2.05) is 36.4 Å². The molecule has 4 aromatic rings. The van der Waals surface area contributed by atoms with E-state index in [-0.39, 0.29) is 11.6 Å². The van der Waals surface area contributed by atoms with Gasteiger partial charge >= 0.3 is 6.36 Å². The number of rotatable bonds is 7. The van der Waals surface area contributed by atoms with E-state index in [2.05, 4.69) is 50.9 Å². The van der Waals surface area contributed by atoms with Crippen molar-refractivity contribution in [3.05, 3.63) is 83.6 Å². The zero-order chi connectivity index (χ0) is 28.2. The van der Waals surface area contributed by atoms with Crippen molar-refractivity contribution in [2.24, 2.45) is 12.1 Å². The van der Waals surface area contributed by atoms with E-state index in [1.165, 1.54) is 24.3 Å². The number of aryl methyl sites for hydroxylation is 1. The number of benzene rings is 3. The molecule has 8 nitrogen and oxygen atoms in total. The molecule has 0 unspecified atom stereocenters. The molecule has 0 saturated heterocycles. The van der Waals surface area contributed by atoms with Crippen molar-refractivity contribution in [1.29, 1.82) is 5.41 Å². The third-order valence-electron chi connectivity index (χ3n) is 5.68. The molecule has 39 heavy (non-hydrogen) atoms. The maximum absolute atomic E-state index is 12.4. The number of fused-ring (bicyclic) bond motifs is 1. The molecule has 202 valence electrons. The van der Waals surface area contributed by atoms with Crippen LogP contribution in [0.25, 0.3) is 10.9 Å². The van der Waals surface area contributed by atoms with Gasteiger partial charge in [0.15, 0.2) is 10.9 Å². The minimum atomic E-state index is -4.77. The molecule has 12 heteroatoms. The van der Waals surface area contributed by atoms with Gasteiger partial charge in [-0.1, -0.05) is 38.1 Å². The van der Waals surface area contributed by atoms with Gasteiger partial charge in [0.05, 0.1) is 11.7 Å². The third-order valence-corrected chi connectivity index (χ3v) is 5.87. The Hall–Kier alpha value is -4.45. The second kappa shape index (κ2) is 11.5. The summed E-state index contributed by atoms with van der Waals surface area (Å²) < 4.78 is 42.6. The van der Waals surface area contributed by atoms with Crippen LogP contribution >= 0.6 is 12.2 Å². The predicted molar refractivity (Wildman–Crippen MR) is 152 cm³/mol. The largest absolute Gasteiger partial charge is 0.573 e. The van der Waals surface area contributed by atoms with Crippen LogP contribution in [-0.4, -0.2) is 33.3 Å². The second-order valence-corrected chi connectivity index (χ2v) is 9.30. The zero-order valence-corrected chi connectivity index (χ0v) is 22.1. The summed E-state index contributed by atoms with van der Waals surface area (Å²) in [6, 6.07) is 18.6. The highest BCUT2D eigenvalue weighted by Gasteiger charge is 2.31. The minimum absolute atomic E-state index is 0.00808. The molecule has 0 saturated carbocycles. The van der Waals surface area contributed by atoms with Crippen molar-refractivity contribution in [3.63, 3.8) is 0 Å². The molecular formula is C27H26F3N7OS. The predicted octanol–water partition coefficient (Wildman–Crippen LogP) is 6.35. The van der Waals surface area contributed by atoms with Gasteiger partial charge in [0.2, 0.25) is 0 Å². The van der Waals surface area contributed by atoms with E-state index in [1.54, 1.807) is 17.9 Å². The number of para-hydroxylation sites is 1. The Morgan fingerprint density at radius 3 is 2.49 bits per heavy atom. The standard InChI is InChI=1S/C27H26F3N7OS/c1-16(2)20-6-4-5-7-22(20)34-26(39)35-32-15-17-8-13-21-23(14-17)37(3)36-24(21)25(31)33-18-9-11-19(12-10-18)38-27(28,29)30/h4-16H,1-3H3,(H2,31,33)(H2,34,35,39)/b32-15+. The lowest BCUT2D eigenvalue weighted by molar-refractivity contribution is -0.274. The number of nitrogens with one attached hydrogen (secondary N) is 4. The molecular weight excluding hydrogens is 527 g/mol. The van der Waals surface area contributed by atoms with Gasteiger partial charge in [0.25, 0.3) is 0 Å². The fourth-order valence-electron chi connectivity index (χ4n) is 3.91. The molecule has 0 atom stereocenters. The molecule has 0 aliphatic heterocycles. The van der Waals surface area contributed by atoms with Crippen molar-refractivity contribution >= 4 is 51.7 Å². The molecule has 0 radical (unpaired) electrons. The van der Waals surface area contributed by atoms with Crippen LogP contribution < -0.4 is 20.8 Å². The van der Waals surface area contributed by atoms with Crippen LogP contribution in [-0.2, 0) is 7.05 Å². The zero-order valence-electron chi connectivity index (χ0n) is 21.3. The van der Waals surface area contributed by atoms with Crippen molar-refractivity contribution in [2.75, 3.05) is 10.6 Å². The first kappa shape index (κ1) is 27.6. The fraction of sp³-hybridized carbons (Fsp3) is 0.185. The Morgan fingerprint density at radius 2 is 1.79 bits per heavy atom. The number of hydrogen-bond donors (Lipinski definition) is 4. The van der Waals surface area contributed by atoms with Crippen LogP contribution in [0.15, 0.2) is 71.8 Å². The maximum Gasteiger partial charge on any atom is 0.573 e. The Kier molecular flexibility index (Phi) is 8.15. The maximum atomic E-state index is 12.4. The van der Waals surface area contributed by atoms with E-state index in [4.69, 9.17) is 17.6 Å². The molecule has 0 amide bonds. The van der Waals surface area contributed by atoms with Crippen molar-refractivity contribution in [2.45, 2.75) is 26.1 Å². The summed E-state index contributed by atoms with van der Waals surface area (Å²) in [5.74, 6) is -0.0136. The average Bonchev–Trinajstić information content (AvgIpc) is 3.20. The SMILES string of the molecule is CC(C)c1ccccc1NC(=S)N/N=C/c1ccc2c(C(=N)Nc3ccc(OC(F)(F)F)cc3)nn(C)c2c1. The number of thiocarbonyl (C=S) groups is 1. The van der Waals surface area contributed by atoms with Crippen LogP contribution in [0.2, 0.25) is 0 Å². The molecule has 0 aliphatic carbocycles. The molecule has 0 fully saturated rings. The summed E-state index contributed by atoms with van der Waals surface area (Å²) in [4.78, 5) is 0. The Morgan fingerprint density at radius 1 is 1.08 bits per heavy atom. The minimum Gasteiger partial charge on any atom is -0.406 e. The number of amidine groups is 1. The number of halogens is 3. The second-order valence-electron chi connectivity index (χ2n) is 8.89. The van der Waals surface area contributed by atoms with Gasteiger partial charge in [-0.3, -0.25) is 15.5 Å². The number of hydrogen-bond acceptors (Lipinski definition) is 5. The van der Waals surface area contributed by atoms with Crippen LogP contribution in [0.1, 0.15) is 36.6 Å². The van der Waals surface area contributed by atoms with Crippen molar-refractivity contribution < 1.29 is 17.9 Å². The fourth-order valence-corrected chi connectivity index (χ4v) is 4.08. The lowest BCUT2D eigenvalue weighted by Crippen LogP contribution is -2.24. The highest BCUT2D eigenvalue weighted by atomic mass is 32.1. The quantitative estimate of drug-likeness (QED) is 0.0921. The van der Waals surface area contributed by atoms with Crippen molar-refractivity contribution in [1.82, 2.24) is 15.2 Å². The first-order valence-corrected chi connectivity index (χ1v) is 12.3. The Balaban J connectivity index is 1.42. The van der Waals surface area contributed by atoms with E-state index >= 15 is 0 Å². The van der Waals surface area contributed by atoms with E-state index in [0.717, 1.165) is 27.7 Å². The third kappa shape index (κ3) is 7.11. The molecule has 4 rings (SSSR count). The van der Waals surface area contributed by atoms with Gasteiger partial charge in [0.1, 0.15) is 11.4 Å². The molecule has 3 aromatic carbocycles. The lowest BCUT2D eigenvalue weighted by Gasteiger charge is -2.14. The van der Waals surface area contributed by atoms with Gasteiger partial charge in [-0.15, -0.1) is 13.2 Å². The number of nitrogens with zero attached hydrogens (tertiary/aromatic N) is 3. The number of alkyl halides is 3. The molecule has 0 spiro atoms. The Bertz CT molecular complexity index is 1530. The van der Waals surface area contributed by atoms with Gasteiger partial charge in [-0.2, -0.15) is 10.2 Å². The van der Waals surface area contributed by atoms with E-state index < -0.39 is 6.36 Å². The highest BCUT2D eigenvalue weighted by molar-refractivity contribution is 7.80. The first-order valence-electron chi connectivity index (χ1n) is 11.9. The lowest BCUT2D eigenvalue weighted by atomic mass is 10.0. The van der Waals surface area contributed by atoms with E-state index in [9.17, 15) is 13.2 Å². The molecule has 0 aliphatic rings. The van der Waals surface area contributed by atoms with Crippen LogP contribution in [0.4, 0.5) is 24.5 Å². The Labute approximate surface area is 228 Å². The normalized spacial score (nSPS) is 11.7. The van der Waals surface area contributed by atoms with E-state index in [0.29, 0.717) is 22.4 Å². The van der Waals surface area contributed by atoms with Crippen LogP contribution in [0, 0.1) is 5.41 Å². The average molecular weight is 554 g/mol. The summed E-state index contributed by atoms with van der Waals surface area (Å²) >= 11 is 5.37. The van der Waals surface area contributed by atoms with Crippen molar-refractivity contribution in [3.8, 4) is 5.75 Å². The molecule has 0 bridgehead atoms. The number of anilines is 2. The number of aromatic nitrogens is 2. The summed E-state index contributed by atoms with van der Waals surface area (Å²) in [5, 5.41) is 24.2. The van der Waals surface area contributed by atoms with Crippen LogP contribution in [0.3, 0.4) is 0 Å². The summed E-state index contributed by atoms with van der Waals surface area (Å²) in [5.41, 5.74) is 7.26. The summed E-state index contributed by atoms with van der Waals surface area (Å²) in [7, 11) is 1.76. The monoisotopic (exact) mass is 553 g/mol. The molecule has 1 heterocycles. The highest BCUT2D eigenvalue weighted by Crippen LogP contribution is 2.26. The van der Waals surface area contributed by atoms with Gasteiger partial charge in [0, 0.05) is 23.8 Å². The molecule has 4 N–H and O–H groups in total. The number of ether oxygens (including phenoxy) is 1. The molecule has 1 aromatic heterocycles. The summed E-state index contributed by atoms with van der Waals surface area (Å²) in [6.07, 6.45) is -3.14. The number of hydrazone groups is 1. The first-order chi connectivity index (χ1) is 18.5. The topological polar surface area (TPSA) is 99.3 Å². The van der Waals surface area contributed by atoms with Gasteiger partial charge < -0.3 is 15.4 Å². The summed E-state index contributed by atoms with van der Waals surface area (Å²) in [6.45, 7) is 4.22. The van der Waals surface area contributed by atoms with Gasteiger partial charge in [-0.05, 0) is 71.7 Å². The smallest absolute Gasteiger partial charge is 0.406 e.